The minimum absolute atomic E-state index is 0.142. The zero-order chi connectivity index (χ0) is 14.7. The molecule has 7 heteroatoms. The summed E-state index contributed by atoms with van der Waals surface area (Å²) < 4.78 is 13.3. The highest BCUT2D eigenvalue weighted by atomic mass is 35.5. The number of rotatable bonds is 4. The van der Waals surface area contributed by atoms with Gasteiger partial charge in [-0.15, -0.1) is 0 Å². The van der Waals surface area contributed by atoms with Crippen molar-refractivity contribution in [3.05, 3.63) is 33.1 Å². The predicted octanol–water partition coefficient (Wildman–Crippen LogP) is 3.35. The van der Waals surface area contributed by atoms with E-state index in [9.17, 15) is 19.6 Å². The van der Waals surface area contributed by atoms with Gasteiger partial charge in [-0.2, -0.15) is 0 Å². The summed E-state index contributed by atoms with van der Waals surface area (Å²) in [5, 5.41) is 23.2. The van der Waals surface area contributed by atoms with Crippen molar-refractivity contribution in [3.8, 4) is 0 Å². The van der Waals surface area contributed by atoms with Crippen LogP contribution in [0.5, 0.6) is 0 Å². The topological polar surface area (TPSA) is 75.4 Å². The molecule has 110 valence electrons. The number of nitrogens with one attached hydrogen (secondary N) is 1. The van der Waals surface area contributed by atoms with E-state index in [1.807, 2.05) is 0 Å². The van der Waals surface area contributed by atoms with Crippen molar-refractivity contribution < 1.29 is 14.4 Å². The molecule has 0 radical (unpaired) electrons. The van der Waals surface area contributed by atoms with Crippen LogP contribution in [-0.4, -0.2) is 22.7 Å². The van der Waals surface area contributed by atoms with Gasteiger partial charge in [0.1, 0.15) is 11.5 Å². The van der Waals surface area contributed by atoms with Gasteiger partial charge in [0, 0.05) is 6.54 Å². The molecule has 1 aliphatic carbocycles. The second-order valence-corrected chi connectivity index (χ2v) is 5.50. The fourth-order valence-corrected chi connectivity index (χ4v) is 2.60. The lowest BCUT2D eigenvalue weighted by atomic mass is 9.87. The van der Waals surface area contributed by atoms with Gasteiger partial charge in [-0.3, -0.25) is 10.1 Å². The van der Waals surface area contributed by atoms with Crippen LogP contribution in [0.1, 0.15) is 25.7 Å². The Kier molecular flexibility index (Phi) is 4.77. The van der Waals surface area contributed by atoms with Crippen LogP contribution in [0, 0.1) is 21.8 Å². The average Bonchev–Trinajstić information content (AvgIpc) is 2.41. The fraction of sp³-hybridized carbons (Fsp3) is 0.538. The fourth-order valence-electron chi connectivity index (χ4n) is 2.43. The maximum absolute atomic E-state index is 13.3. The molecule has 0 saturated heterocycles. The third-order valence-electron chi connectivity index (χ3n) is 3.63. The second kappa shape index (κ2) is 6.37. The van der Waals surface area contributed by atoms with Crippen molar-refractivity contribution in [2.24, 2.45) is 5.92 Å². The quantitative estimate of drug-likeness (QED) is 0.660. The van der Waals surface area contributed by atoms with Crippen LogP contribution in [0.2, 0.25) is 5.02 Å². The Morgan fingerprint density at radius 1 is 1.40 bits per heavy atom. The molecule has 5 nitrogen and oxygen atoms in total. The minimum atomic E-state index is -0.801. The molecule has 1 aromatic rings. The predicted molar refractivity (Wildman–Crippen MR) is 74.5 cm³/mol. The molecular formula is C13H16ClFN2O3. The summed E-state index contributed by atoms with van der Waals surface area (Å²) in [6, 6.07) is 2.07. The molecule has 0 unspecified atom stereocenters. The molecule has 1 fully saturated rings. The van der Waals surface area contributed by atoms with E-state index in [1.165, 1.54) is 6.07 Å². The van der Waals surface area contributed by atoms with Gasteiger partial charge in [0.15, 0.2) is 0 Å². The number of benzene rings is 1. The molecule has 0 aromatic heterocycles. The summed E-state index contributed by atoms with van der Waals surface area (Å²) in [7, 11) is 0. The first-order valence-corrected chi connectivity index (χ1v) is 6.90. The number of aliphatic hydroxyl groups excluding tert-OH is 1. The van der Waals surface area contributed by atoms with Gasteiger partial charge in [0.05, 0.1) is 22.1 Å². The Morgan fingerprint density at radius 3 is 2.65 bits per heavy atom. The van der Waals surface area contributed by atoms with Gasteiger partial charge in [0.25, 0.3) is 5.69 Å². The van der Waals surface area contributed by atoms with Crippen LogP contribution in [0.25, 0.3) is 0 Å². The molecule has 1 aromatic carbocycles. The Hall–Kier alpha value is -1.40. The normalized spacial score (nSPS) is 22.6. The van der Waals surface area contributed by atoms with Crippen LogP contribution in [0.3, 0.4) is 0 Å². The molecule has 0 heterocycles. The zero-order valence-electron chi connectivity index (χ0n) is 10.8. The molecule has 20 heavy (non-hydrogen) atoms. The van der Waals surface area contributed by atoms with Gasteiger partial charge in [-0.25, -0.2) is 4.39 Å². The van der Waals surface area contributed by atoms with Crippen molar-refractivity contribution >= 4 is 23.0 Å². The Morgan fingerprint density at radius 2 is 2.05 bits per heavy atom. The minimum Gasteiger partial charge on any atom is -0.393 e. The second-order valence-electron chi connectivity index (χ2n) is 5.10. The largest absolute Gasteiger partial charge is 0.393 e. The molecule has 0 amide bonds. The number of nitrogens with zero attached hydrogens (tertiary/aromatic N) is 1. The van der Waals surface area contributed by atoms with Crippen molar-refractivity contribution in [2.45, 2.75) is 31.8 Å². The SMILES string of the molecule is O=[N+]([O-])c1cc(F)c(Cl)cc1NCC1CCC(O)CC1. The number of halogens is 2. The summed E-state index contributed by atoms with van der Waals surface area (Å²) in [4.78, 5) is 10.3. The highest BCUT2D eigenvalue weighted by Crippen LogP contribution is 2.31. The van der Waals surface area contributed by atoms with Crippen LogP contribution in [0.4, 0.5) is 15.8 Å². The van der Waals surface area contributed by atoms with Crippen LogP contribution < -0.4 is 5.32 Å². The van der Waals surface area contributed by atoms with Crippen LogP contribution in [0.15, 0.2) is 12.1 Å². The maximum Gasteiger partial charge on any atom is 0.295 e. The lowest BCUT2D eigenvalue weighted by Crippen LogP contribution is -2.23. The number of hydrogen-bond donors (Lipinski definition) is 2. The van der Waals surface area contributed by atoms with E-state index in [1.54, 1.807) is 0 Å². The Bertz CT molecular complexity index is 505. The molecule has 2 N–H and O–H groups in total. The van der Waals surface area contributed by atoms with E-state index in [-0.39, 0.29) is 22.5 Å². The smallest absolute Gasteiger partial charge is 0.295 e. The lowest BCUT2D eigenvalue weighted by Gasteiger charge is -2.25. The Balaban J connectivity index is 2.05. The number of nitro benzene ring substituents is 1. The van der Waals surface area contributed by atoms with E-state index in [2.05, 4.69) is 5.32 Å². The van der Waals surface area contributed by atoms with Crippen molar-refractivity contribution in [3.63, 3.8) is 0 Å². The molecule has 0 atom stereocenters. The van der Waals surface area contributed by atoms with E-state index in [4.69, 9.17) is 11.6 Å². The molecule has 0 bridgehead atoms. The summed E-state index contributed by atoms with van der Waals surface area (Å²) in [6.45, 7) is 0.551. The third-order valence-corrected chi connectivity index (χ3v) is 3.92. The number of hydrogen-bond acceptors (Lipinski definition) is 4. The van der Waals surface area contributed by atoms with Gasteiger partial charge in [0.2, 0.25) is 0 Å². The number of anilines is 1. The summed E-state index contributed by atoms with van der Waals surface area (Å²) >= 11 is 5.66. The lowest BCUT2D eigenvalue weighted by molar-refractivity contribution is -0.384. The summed E-state index contributed by atoms with van der Waals surface area (Å²) in [5.74, 6) is -0.452. The van der Waals surface area contributed by atoms with Gasteiger partial charge >= 0.3 is 0 Å². The van der Waals surface area contributed by atoms with Crippen LogP contribution >= 0.6 is 11.6 Å². The van der Waals surface area contributed by atoms with Crippen molar-refractivity contribution in [2.75, 3.05) is 11.9 Å². The molecule has 0 aliphatic heterocycles. The number of aliphatic hydroxyl groups is 1. The molecule has 1 aliphatic rings. The number of nitro groups is 1. The zero-order valence-corrected chi connectivity index (χ0v) is 11.6. The molecular weight excluding hydrogens is 287 g/mol. The third kappa shape index (κ3) is 3.58. The first-order chi connectivity index (χ1) is 9.47. The van der Waals surface area contributed by atoms with Gasteiger partial charge < -0.3 is 10.4 Å². The van der Waals surface area contributed by atoms with Crippen molar-refractivity contribution in [1.29, 1.82) is 0 Å². The average molecular weight is 303 g/mol. The summed E-state index contributed by atoms with van der Waals surface area (Å²) in [5.41, 5.74) is -0.0877. The van der Waals surface area contributed by atoms with E-state index < -0.39 is 10.7 Å². The molecule has 2 rings (SSSR count). The monoisotopic (exact) mass is 302 g/mol. The maximum atomic E-state index is 13.3. The van der Waals surface area contributed by atoms with Gasteiger partial charge in [-0.05, 0) is 37.7 Å². The van der Waals surface area contributed by atoms with E-state index in [0.717, 1.165) is 31.7 Å². The standard InChI is InChI=1S/C13H16ClFN2O3/c14-10-5-12(13(17(19)20)6-11(10)15)16-7-8-1-3-9(18)4-2-8/h5-6,8-9,16,18H,1-4,7H2. The van der Waals surface area contributed by atoms with E-state index >= 15 is 0 Å². The van der Waals surface area contributed by atoms with Gasteiger partial charge in [-0.1, -0.05) is 11.6 Å². The molecule has 1 saturated carbocycles. The summed E-state index contributed by atoms with van der Waals surface area (Å²) in [6.07, 6.45) is 3.01. The Labute approximate surface area is 120 Å². The molecule has 0 spiro atoms. The van der Waals surface area contributed by atoms with E-state index in [0.29, 0.717) is 12.5 Å². The van der Waals surface area contributed by atoms with Crippen LogP contribution in [-0.2, 0) is 0 Å². The highest BCUT2D eigenvalue weighted by Gasteiger charge is 2.22. The first-order valence-electron chi connectivity index (χ1n) is 6.52. The first kappa shape index (κ1) is 15.0. The van der Waals surface area contributed by atoms with Crippen molar-refractivity contribution in [1.82, 2.24) is 0 Å². The highest BCUT2D eigenvalue weighted by molar-refractivity contribution is 6.31.